The highest BCUT2D eigenvalue weighted by Crippen LogP contribution is 2.48. The van der Waals surface area contributed by atoms with Crippen LogP contribution in [0.2, 0.25) is 0 Å². The molecule has 1 aromatic heterocycles. The number of carbonyl (C=O) groups excluding carboxylic acids is 1. The first-order valence-corrected chi connectivity index (χ1v) is 12.4. The Balaban J connectivity index is 1.29. The first-order valence-electron chi connectivity index (χ1n) is 12.4. The van der Waals surface area contributed by atoms with Crippen LogP contribution in [0.1, 0.15) is 53.8 Å². The number of carboxylic acid groups (broad SMARTS) is 1. The molecule has 5 rings (SSSR count). The standard InChI is InChI=1S/C31H29NO5/c1-19-4-6-22(7-5-19)21(3)36-28(33)18-27-20(2)32-37-29(27)25-10-8-23(9-11-25)24-12-14-26(15-13-24)31(16-17-31)30(34)35/h4-15,21H,16-18H2,1-3H3,(H,34,35)/t21-/m1/s1. The lowest BCUT2D eigenvalue weighted by atomic mass is 9.93. The Labute approximate surface area is 215 Å². The minimum Gasteiger partial charge on any atom is -0.481 e. The predicted molar refractivity (Wildman–Crippen MR) is 140 cm³/mol. The van der Waals surface area contributed by atoms with Gasteiger partial charge in [-0.1, -0.05) is 83.5 Å². The average Bonchev–Trinajstić information content (AvgIpc) is 3.64. The van der Waals surface area contributed by atoms with Gasteiger partial charge in [0.1, 0.15) is 6.10 Å². The molecule has 3 aromatic carbocycles. The van der Waals surface area contributed by atoms with E-state index in [1.54, 1.807) is 0 Å². The maximum absolute atomic E-state index is 12.8. The van der Waals surface area contributed by atoms with E-state index in [0.29, 0.717) is 29.9 Å². The van der Waals surface area contributed by atoms with E-state index in [1.807, 2.05) is 93.6 Å². The molecule has 37 heavy (non-hydrogen) atoms. The van der Waals surface area contributed by atoms with Crippen LogP contribution in [0.15, 0.2) is 77.3 Å². The zero-order chi connectivity index (χ0) is 26.2. The average molecular weight is 496 g/mol. The van der Waals surface area contributed by atoms with Gasteiger partial charge in [-0.05, 0) is 55.9 Å². The van der Waals surface area contributed by atoms with Crippen molar-refractivity contribution in [3.8, 4) is 22.5 Å². The van der Waals surface area contributed by atoms with Gasteiger partial charge in [0.2, 0.25) is 0 Å². The van der Waals surface area contributed by atoms with Gasteiger partial charge in [0, 0.05) is 11.1 Å². The van der Waals surface area contributed by atoms with Gasteiger partial charge in [0.15, 0.2) is 5.76 Å². The summed E-state index contributed by atoms with van der Waals surface area (Å²) in [7, 11) is 0. The molecule has 4 aromatic rings. The Hall–Kier alpha value is -4.19. The highest BCUT2D eigenvalue weighted by atomic mass is 16.5. The largest absolute Gasteiger partial charge is 0.481 e. The van der Waals surface area contributed by atoms with Gasteiger partial charge in [-0.3, -0.25) is 9.59 Å². The van der Waals surface area contributed by atoms with Crippen LogP contribution in [0.4, 0.5) is 0 Å². The number of nitrogens with zero attached hydrogens (tertiary/aromatic N) is 1. The number of benzene rings is 3. The molecule has 0 amide bonds. The third kappa shape index (κ3) is 4.92. The number of aromatic nitrogens is 1. The molecule has 1 N–H and O–H groups in total. The third-order valence-corrected chi connectivity index (χ3v) is 7.24. The van der Waals surface area contributed by atoms with Crippen molar-refractivity contribution < 1.29 is 24.0 Å². The zero-order valence-corrected chi connectivity index (χ0v) is 21.2. The number of hydrogen-bond acceptors (Lipinski definition) is 5. The van der Waals surface area contributed by atoms with Crippen molar-refractivity contribution >= 4 is 11.9 Å². The molecule has 0 bridgehead atoms. The number of carboxylic acids is 1. The van der Waals surface area contributed by atoms with Crippen LogP contribution in [0.25, 0.3) is 22.5 Å². The third-order valence-electron chi connectivity index (χ3n) is 7.24. The van der Waals surface area contributed by atoms with E-state index in [-0.39, 0.29) is 18.5 Å². The number of hydrogen-bond donors (Lipinski definition) is 1. The number of aryl methyl sites for hydroxylation is 2. The summed E-state index contributed by atoms with van der Waals surface area (Å²) < 4.78 is 11.3. The van der Waals surface area contributed by atoms with E-state index in [2.05, 4.69) is 5.16 Å². The molecule has 0 unspecified atom stereocenters. The van der Waals surface area contributed by atoms with Gasteiger partial charge in [-0.15, -0.1) is 0 Å². The van der Waals surface area contributed by atoms with Crippen LogP contribution >= 0.6 is 0 Å². The SMILES string of the molecule is Cc1ccc([C@@H](C)OC(=O)Cc2c(C)noc2-c2ccc(-c3ccc(C4(C(=O)O)CC4)cc3)cc2)cc1. The maximum Gasteiger partial charge on any atom is 0.314 e. The Kier molecular flexibility index (Phi) is 6.42. The second-order valence-corrected chi connectivity index (χ2v) is 9.84. The summed E-state index contributed by atoms with van der Waals surface area (Å²) in [6.07, 6.45) is 1.09. The van der Waals surface area contributed by atoms with Crippen LogP contribution in [-0.2, 0) is 26.2 Å². The summed E-state index contributed by atoms with van der Waals surface area (Å²) in [5.74, 6) is -0.542. The molecule has 6 nitrogen and oxygen atoms in total. The molecule has 1 fully saturated rings. The van der Waals surface area contributed by atoms with E-state index in [0.717, 1.165) is 33.4 Å². The van der Waals surface area contributed by atoms with E-state index in [1.165, 1.54) is 0 Å². The van der Waals surface area contributed by atoms with Crippen LogP contribution < -0.4 is 0 Å². The summed E-state index contributed by atoms with van der Waals surface area (Å²) in [4.78, 5) is 24.3. The van der Waals surface area contributed by atoms with Crippen molar-refractivity contribution in [1.29, 1.82) is 0 Å². The minimum atomic E-state index is -0.753. The molecule has 1 aliphatic carbocycles. The van der Waals surface area contributed by atoms with E-state index in [9.17, 15) is 14.7 Å². The molecule has 1 atom stereocenters. The van der Waals surface area contributed by atoms with Crippen molar-refractivity contribution in [1.82, 2.24) is 5.16 Å². The van der Waals surface area contributed by atoms with Crippen molar-refractivity contribution in [2.75, 3.05) is 0 Å². The Morgan fingerprint density at radius 3 is 2.05 bits per heavy atom. The predicted octanol–water partition coefficient (Wildman–Crippen LogP) is 6.59. The smallest absolute Gasteiger partial charge is 0.314 e. The monoisotopic (exact) mass is 495 g/mol. The number of ether oxygens (including phenoxy) is 1. The molecule has 0 spiro atoms. The number of esters is 1. The topological polar surface area (TPSA) is 89.6 Å². The van der Waals surface area contributed by atoms with Crippen molar-refractivity contribution in [3.05, 3.63) is 101 Å². The van der Waals surface area contributed by atoms with Gasteiger partial charge in [-0.2, -0.15) is 0 Å². The lowest BCUT2D eigenvalue weighted by Gasteiger charge is -2.14. The van der Waals surface area contributed by atoms with E-state index < -0.39 is 11.4 Å². The molecular formula is C31H29NO5. The highest BCUT2D eigenvalue weighted by Gasteiger charge is 2.51. The highest BCUT2D eigenvalue weighted by molar-refractivity contribution is 5.85. The molecule has 1 aliphatic rings. The van der Waals surface area contributed by atoms with Crippen molar-refractivity contribution in [3.63, 3.8) is 0 Å². The van der Waals surface area contributed by atoms with Gasteiger partial charge in [-0.25, -0.2) is 0 Å². The summed E-state index contributed by atoms with van der Waals surface area (Å²) >= 11 is 0. The normalized spacial score (nSPS) is 14.7. The van der Waals surface area contributed by atoms with Crippen LogP contribution in [0.3, 0.4) is 0 Å². The fraction of sp³-hybridized carbons (Fsp3) is 0.258. The first kappa shape index (κ1) is 24.5. The van der Waals surface area contributed by atoms with Gasteiger partial charge in [0.05, 0.1) is 17.5 Å². The summed E-state index contributed by atoms with van der Waals surface area (Å²) in [5, 5.41) is 13.6. The summed E-state index contributed by atoms with van der Waals surface area (Å²) in [6.45, 7) is 5.70. The molecular weight excluding hydrogens is 466 g/mol. The van der Waals surface area contributed by atoms with Crippen LogP contribution in [-0.4, -0.2) is 22.2 Å². The van der Waals surface area contributed by atoms with Crippen molar-refractivity contribution in [2.45, 2.75) is 51.6 Å². The van der Waals surface area contributed by atoms with Crippen LogP contribution in [0.5, 0.6) is 0 Å². The van der Waals surface area contributed by atoms with Gasteiger partial charge < -0.3 is 14.4 Å². The first-order chi connectivity index (χ1) is 17.8. The van der Waals surface area contributed by atoms with E-state index >= 15 is 0 Å². The number of carbonyl (C=O) groups is 2. The summed E-state index contributed by atoms with van der Waals surface area (Å²) in [5.41, 5.74) is 6.42. The second-order valence-electron chi connectivity index (χ2n) is 9.84. The fourth-order valence-electron chi connectivity index (χ4n) is 4.66. The fourth-order valence-corrected chi connectivity index (χ4v) is 4.66. The Morgan fingerprint density at radius 2 is 1.49 bits per heavy atom. The van der Waals surface area contributed by atoms with Gasteiger partial charge >= 0.3 is 11.9 Å². The summed E-state index contributed by atoms with van der Waals surface area (Å²) in [6, 6.07) is 23.5. The maximum atomic E-state index is 12.8. The van der Waals surface area contributed by atoms with E-state index in [4.69, 9.17) is 9.26 Å². The lowest BCUT2D eigenvalue weighted by Crippen LogP contribution is -2.19. The molecule has 1 heterocycles. The molecule has 6 heteroatoms. The molecule has 0 aliphatic heterocycles. The van der Waals surface area contributed by atoms with Crippen LogP contribution in [0, 0.1) is 13.8 Å². The Bertz CT molecular complexity index is 1430. The molecule has 1 saturated carbocycles. The second kappa shape index (κ2) is 9.69. The Morgan fingerprint density at radius 1 is 0.919 bits per heavy atom. The minimum absolute atomic E-state index is 0.0649. The zero-order valence-electron chi connectivity index (χ0n) is 21.2. The van der Waals surface area contributed by atoms with Gasteiger partial charge in [0.25, 0.3) is 0 Å². The van der Waals surface area contributed by atoms with Crippen molar-refractivity contribution in [2.24, 2.45) is 0 Å². The molecule has 188 valence electrons. The number of rotatable bonds is 8. The molecule has 0 radical (unpaired) electrons. The molecule has 0 saturated heterocycles. The number of aliphatic carboxylic acids is 1. The lowest BCUT2D eigenvalue weighted by molar-refractivity contribution is -0.147. The quantitative estimate of drug-likeness (QED) is 0.277.